The van der Waals surface area contributed by atoms with E-state index in [0.717, 1.165) is 4.88 Å². The van der Waals surface area contributed by atoms with E-state index in [9.17, 15) is 19.8 Å². The number of nitrogens with zero attached hydrogens (tertiary/aromatic N) is 1. The second kappa shape index (κ2) is 8.55. The number of aromatic hydroxyl groups is 1. The molecule has 0 spiro atoms. The fourth-order valence-corrected chi connectivity index (χ4v) is 5.02. The number of ether oxygens (including phenoxy) is 1. The van der Waals surface area contributed by atoms with Gasteiger partial charge in [0.2, 0.25) is 5.78 Å². The third kappa shape index (κ3) is 3.70. The summed E-state index contributed by atoms with van der Waals surface area (Å²) in [4.78, 5) is 29.1. The third-order valence-electron chi connectivity index (χ3n) is 5.65. The molecule has 5 rings (SSSR count). The molecule has 0 bridgehead atoms. The molecule has 1 atom stereocenters. The number of benzene rings is 2. The van der Waals surface area contributed by atoms with Crippen molar-refractivity contribution in [3.8, 4) is 11.5 Å². The number of hydrogen-bond donors (Lipinski definition) is 2. The van der Waals surface area contributed by atoms with Crippen molar-refractivity contribution in [1.82, 2.24) is 4.90 Å². The first-order chi connectivity index (χ1) is 16.4. The number of thiophene rings is 1. The molecule has 1 aliphatic heterocycles. The molecule has 1 aliphatic rings. The van der Waals surface area contributed by atoms with Gasteiger partial charge >= 0.3 is 0 Å². The van der Waals surface area contributed by atoms with E-state index in [2.05, 4.69) is 0 Å². The van der Waals surface area contributed by atoms with Crippen molar-refractivity contribution < 1.29 is 29.0 Å². The van der Waals surface area contributed by atoms with Crippen LogP contribution < -0.4 is 4.74 Å². The van der Waals surface area contributed by atoms with Crippen molar-refractivity contribution in [1.29, 1.82) is 0 Å². The van der Waals surface area contributed by atoms with E-state index in [-0.39, 0.29) is 23.6 Å². The molecule has 9 heteroatoms. The number of amides is 1. The Balaban J connectivity index is 1.61. The zero-order valence-corrected chi connectivity index (χ0v) is 19.4. The van der Waals surface area contributed by atoms with Crippen LogP contribution in [0.1, 0.15) is 27.0 Å². The molecule has 0 saturated carbocycles. The maximum Gasteiger partial charge on any atom is 0.290 e. The van der Waals surface area contributed by atoms with Crippen LogP contribution in [0.4, 0.5) is 0 Å². The Labute approximate surface area is 203 Å². The molecule has 0 saturated heterocycles. The van der Waals surface area contributed by atoms with Crippen LogP contribution >= 0.6 is 22.9 Å². The maximum atomic E-state index is 13.6. The van der Waals surface area contributed by atoms with Gasteiger partial charge < -0.3 is 24.3 Å². The van der Waals surface area contributed by atoms with E-state index in [4.69, 9.17) is 20.8 Å². The summed E-state index contributed by atoms with van der Waals surface area (Å²) < 4.78 is 11.1. The van der Waals surface area contributed by atoms with Crippen LogP contribution in [0.2, 0.25) is 5.02 Å². The molecule has 1 amide bonds. The molecule has 2 N–H and O–H groups in total. The second-order valence-electron chi connectivity index (χ2n) is 7.73. The van der Waals surface area contributed by atoms with Crippen LogP contribution in [-0.4, -0.2) is 33.9 Å². The quantitative estimate of drug-likeness (QED) is 0.336. The predicted molar refractivity (Wildman–Crippen MR) is 127 cm³/mol. The van der Waals surface area contributed by atoms with Gasteiger partial charge in [0.05, 0.1) is 25.3 Å². The lowest BCUT2D eigenvalue weighted by molar-refractivity contribution is -0.130. The Morgan fingerprint density at radius 3 is 2.62 bits per heavy atom. The number of rotatable bonds is 6. The molecule has 2 aromatic carbocycles. The second-order valence-corrected chi connectivity index (χ2v) is 9.20. The van der Waals surface area contributed by atoms with Gasteiger partial charge in [-0.3, -0.25) is 9.59 Å². The number of methoxy groups -OCH3 is 1. The predicted octanol–water partition coefficient (Wildman–Crippen LogP) is 5.64. The van der Waals surface area contributed by atoms with Crippen LogP contribution in [0.3, 0.4) is 0 Å². The number of phenolic OH excluding ortho intramolecular Hbond substituents is 1. The zero-order chi connectivity index (χ0) is 24.0. The van der Waals surface area contributed by atoms with E-state index in [1.165, 1.54) is 41.5 Å². The number of aliphatic hydroxyl groups is 1. The van der Waals surface area contributed by atoms with Gasteiger partial charge in [-0.2, -0.15) is 0 Å². The van der Waals surface area contributed by atoms with Crippen molar-refractivity contribution >= 4 is 45.6 Å². The fourth-order valence-electron chi connectivity index (χ4n) is 4.10. The summed E-state index contributed by atoms with van der Waals surface area (Å²) in [6, 6.07) is 13.7. The summed E-state index contributed by atoms with van der Waals surface area (Å²) in [5, 5.41) is 23.4. The lowest BCUT2D eigenvalue weighted by Crippen LogP contribution is -2.30. The average Bonchev–Trinajstić information content (AvgIpc) is 3.54. The topological polar surface area (TPSA) is 100 Å². The van der Waals surface area contributed by atoms with Crippen molar-refractivity contribution in [2.24, 2.45) is 0 Å². The number of carbonyl (C=O) groups excluding carboxylic acids is 2. The number of carbonyl (C=O) groups is 2. The van der Waals surface area contributed by atoms with Crippen LogP contribution in [0.5, 0.6) is 11.5 Å². The number of furan rings is 1. The van der Waals surface area contributed by atoms with Gasteiger partial charge in [-0.05, 0) is 41.3 Å². The van der Waals surface area contributed by atoms with Crippen LogP contribution in [-0.2, 0) is 11.3 Å². The van der Waals surface area contributed by atoms with Gasteiger partial charge in [0, 0.05) is 21.4 Å². The Hall–Kier alpha value is -3.75. The molecule has 0 fully saturated rings. The number of hydrogen-bond acceptors (Lipinski definition) is 7. The molecule has 7 nitrogen and oxygen atoms in total. The first kappa shape index (κ1) is 22.1. The van der Waals surface area contributed by atoms with Crippen molar-refractivity contribution in [3.05, 3.63) is 92.5 Å². The minimum Gasteiger partial charge on any atom is -0.508 e. The summed E-state index contributed by atoms with van der Waals surface area (Å²) in [5.74, 6) is -1.59. The third-order valence-corrected chi connectivity index (χ3v) is 6.73. The van der Waals surface area contributed by atoms with E-state index in [1.54, 1.807) is 24.3 Å². The smallest absolute Gasteiger partial charge is 0.290 e. The van der Waals surface area contributed by atoms with Crippen molar-refractivity contribution in [2.75, 3.05) is 7.11 Å². The first-order valence-electron chi connectivity index (χ1n) is 10.2. The fraction of sp³-hybridized carbons (Fsp3) is 0.120. The Morgan fingerprint density at radius 1 is 1.18 bits per heavy atom. The van der Waals surface area contributed by atoms with Gasteiger partial charge in [-0.1, -0.05) is 29.8 Å². The zero-order valence-electron chi connectivity index (χ0n) is 17.8. The molecular formula is C25H18ClNO6S. The van der Waals surface area contributed by atoms with Crippen LogP contribution in [0, 0.1) is 0 Å². The average molecular weight is 496 g/mol. The number of phenols is 1. The monoisotopic (exact) mass is 495 g/mol. The highest BCUT2D eigenvalue weighted by molar-refractivity contribution is 7.09. The highest BCUT2D eigenvalue weighted by atomic mass is 35.5. The normalized spacial score (nSPS) is 16.0. The van der Waals surface area contributed by atoms with Gasteiger partial charge in [0.25, 0.3) is 5.91 Å². The molecule has 0 aliphatic carbocycles. The minimum atomic E-state index is -0.874. The summed E-state index contributed by atoms with van der Waals surface area (Å²) in [6.07, 6.45) is 0. The number of fused-ring (bicyclic) bond motifs is 1. The van der Waals surface area contributed by atoms with Crippen LogP contribution in [0.25, 0.3) is 11.0 Å². The first-order valence-corrected chi connectivity index (χ1v) is 11.5. The Bertz CT molecular complexity index is 1440. The molecule has 4 aromatic rings. The number of halogens is 1. The number of Topliss-reactive ketones (excluding diaryl/α,β-unsaturated/α-hetero) is 1. The Morgan fingerprint density at radius 2 is 1.94 bits per heavy atom. The molecular weight excluding hydrogens is 478 g/mol. The molecule has 34 heavy (non-hydrogen) atoms. The summed E-state index contributed by atoms with van der Waals surface area (Å²) in [5.41, 5.74) is 0.791. The summed E-state index contributed by atoms with van der Waals surface area (Å²) in [6.45, 7) is 0.201. The molecule has 0 radical (unpaired) electrons. The number of aliphatic hydroxyl groups excluding tert-OH is 1. The van der Waals surface area contributed by atoms with Gasteiger partial charge in [0.1, 0.15) is 5.75 Å². The largest absolute Gasteiger partial charge is 0.508 e. The number of ketones is 1. The van der Waals surface area contributed by atoms with Crippen molar-refractivity contribution in [2.45, 2.75) is 12.6 Å². The molecule has 3 heterocycles. The van der Waals surface area contributed by atoms with Gasteiger partial charge in [0.15, 0.2) is 22.9 Å². The van der Waals surface area contributed by atoms with E-state index in [1.807, 2.05) is 17.5 Å². The molecule has 1 unspecified atom stereocenters. The minimum absolute atomic E-state index is 0.0419. The molecule has 2 aromatic heterocycles. The van der Waals surface area contributed by atoms with E-state index >= 15 is 0 Å². The van der Waals surface area contributed by atoms with Gasteiger partial charge in [-0.15, -0.1) is 11.3 Å². The van der Waals surface area contributed by atoms with Crippen LogP contribution in [0.15, 0.2) is 75.7 Å². The van der Waals surface area contributed by atoms with Crippen molar-refractivity contribution in [3.63, 3.8) is 0 Å². The SMILES string of the molecule is COc1cc(Cl)cc2cc(C(=O)C3=C(O)C(=O)N(Cc4cccs4)C3c3ccc(O)cc3)oc12. The lowest BCUT2D eigenvalue weighted by atomic mass is 9.95. The van der Waals surface area contributed by atoms with E-state index in [0.29, 0.717) is 27.3 Å². The lowest BCUT2D eigenvalue weighted by Gasteiger charge is -2.26. The van der Waals surface area contributed by atoms with Gasteiger partial charge in [-0.25, -0.2) is 0 Å². The summed E-state index contributed by atoms with van der Waals surface area (Å²) in [7, 11) is 1.46. The maximum absolute atomic E-state index is 13.6. The standard InChI is InChI=1S/C25H18ClNO6S/c1-32-19-11-15(26)9-14-10-18(33-24(14)19)22(29)20-21(13-4-6-16(28)7-5-13)27(25(31)23(20)30)12-17-3-2-8-34-17/h2-11,21,28,30H,12H2,1H3. The highest BCUT2D eigenvalue weighted by Gasteiger charge is 2.44. The highest BCUT2D eigenvalue weighted by Crippen LogP contribution is 2.42. The Kier molecular flexibility index (Phi) is 5.55. The molecule has 172 valence electrons. The van der Waals surface area contributed by atoms with E-state index < -0.39 is 23.5 Å². The summed E-state index contributed by atoms with van der Waals surface area (Å²) >= 11 is 7.60.